The molecule has 1 aromatic rings. The van der Waals surface area contributed by atoms with Crippen LogP contribution in [-0.2, 0) is 0 Å². The molecule has 0 atom stereocenters. The van der Waals surface area contributed by atoms with Crippen LogP contribution >= 0.6 is 11.3 Å². The number of nitrogens with two attached hydrogens (primary N) is 1. The third kappa shape index (κ3) is 1.48. The molecule has 70 valence electrons. The molecule has 0 saturated carbocycles. The number of anilines is 1. The maximum atomic E-state index is 10.6. The van der Waals surface area contributed by atoms with Crippen LogP contribution in [0.1, 0.15) is 24.9 Å². The molecule has 0 aliphatic heterocycles. The molecule has 0 aliphatic rings. The van der Waals surface area contributed by atoms with E-state index in [0.717, 1.165) is 11.3 Å². The first-order valence-corrected chi connectivity index (χ1v) is 4.12. The van der Waals surface area contributed by atoms with Gasteiger partial charge in [-0.15, -0.1) is 11.3 Å². The van der Waals surface area contributed by atoms with E-state index in [9.17, 15) is 9.59 Å². The highest BCUT2D eigenvalue weighted by atomic mass is 32.1. The summed E-state index contributed by atoms with van der Waals surface area (Å²) in [7, 11) is 0. The van der Waals surface area contributed by atoms with Gasteiger partial charge in [-0.25, -0.2) is 9.59 Å². The van der Waals surface area contributed by atoms with E-state index < -0.39 is 11.9 Å². The number of carboxylic acid groups (broad SMARTS) is 2. The normalized spacial score (nSPS) is 9.92. The Kier molecular flexibility index (Phi) is 2.24. The number of nitrogen functional groups attached to an aromatic ring is 1. The fourth-order valence-electron chi connectivity index (χ4n) is 0.920. The van der Waals surface area contributed by atoms with Gasteiger partial charge in [0.15, 0.2) is 0 Å². The lowest BCUT2D eigenvalue weighted by atomic mass is 10.2. The lowest BCUT2D eigenvalue weighted by Gasteiger charge is -1.94. The maximum Gasteiger partial charge on any atom is 0.346 e. The van der Waals surface area contributed by atoms with Gasteiger partial charge in [0.25, 0.3) is 0 Å². The van der Waals surface area contributed by atoms with Crippen molar-refractivity contribution in [2.45, 2.75) is 6.92 Å². The first-order chi connectivity index (χ1) is 5.95. The van der Waals surface area contributed by atoms with Gasteiger partial charge in [-0.3, -0.25) is 0 Å². The van der Waals surface area contributed by atoms with Gasteiger partial charge >= 0.3 is 11.9 Å². The fraction of sp³-hybridized carbons (Fsp3) is 0.143. The van der Waals surface area contributed by atoms with Crippen molar-refractivity contribution in [3.63, 3.8) is 0 Å². The highest BCUT2D eigenvalue weighted by molar-refractivity contribution is 7.14. The zero-order valence-corrected chi connectivity index (χ0v) is 7.51. The molecule has 0 radical (unpaired) electrons. The number of carboxylic acids is 2. The third-order valence-electron chi connectivity index (χ3n) is 1.54. The Morgan fingerprint density at radius 1 is 1.31 bits per heavy atom. The average molecular weight is 201 g/mol. The van der Waals surface area contributed by atoms with Crippen molar-refractivity contribution in [2.24, 2.45) is 0 Å². The van der Waals surface area contributed by atoms with Crippen LogP contribution in [0.25, 0.3) is 0 Å². The Hall–Kier alpha value is -1.56. The molecule has 0 amide bonds. The van der Waals surface area contributed by atoms with Crippen LogP contribution in [0.2, 0.25) is 0 Å². The fourth-order valence-corrected chi connectivity index (χ4v) is 1.83. The maximum absolute atomic E-state index is 10.6. The molecule has 1 rings (SSSR count). The number of rotatable bonds is 2. The van der Waals surface area contributed by atoms with E-state index in [0.29, 0.717) is 4.88 Å². The molecular formula is C7H7NO4S. The number of hydrogen-bond donors (Lipinski definition) is 3. The predicted molar refractivity (Wildman–Crippen MR) is 47.4 cm³/mol. The molecule has 0 aromatic carbocycles. The summed E-state index contributed by atoms with van der Waals surface area (Å²) in [4.78, 5) is 21.5. The highest BCUT2D eigenvalue weighted by Crippen LogP contribution is 2.30. The van der Waals surface area contributed by atoms with Crippen LogP contribution in [0.5, 0.6) is 0 Å². The van der Waals surface area contributed by atoms with E-state index in [2.05, 4.69) is 0 Å². The van der Waals surface area contributed by atoms with Crippen LogP contribution in [0.15, 0.2) is 0 Å². The van der Waals surface area contributed by atoms with E-state index in [4.69, 9.17) is 15.9 Å². The lowest BCUT2D eigenvalue weighted by molar-refractivity contribution is 0.0657. The molecule has 5 nitrogen and oxygen atoms in total. The van der Waals surface area contributed by atoms with Crippen molar-refractivity contribution in [1.29, 1.82) is 0 Å². The Morgan fingerprint density at radius 3 is 2.15 bits per heavy atom. The smallest absolute Gasteiger partial charge is 0.346 e. The first-order valence-electron chi connectivity index (χ1n) is 3.30. The van der Waals surface area contributed by atoms with Gasteiger partial charge in [-0.1, -0.05) is 0 Å². The molecule has 1 aromatic heterocycles. The summed E-state index contributed by atoms with van der Waals surface area (Å²) in [5, 5.41) is 17.3. The second-order valence-electron chi connectivity index (χ2n) is 2.39. The van der Waals surface area contributed by atoms with Gasteiger partial charge < -0.3 is 15.9 Å². The van der Waals surface area contributed by atoms with Gasteiger partial charge in [0.05, 0.1) is 5.69 Å². The van der Waals surface area contributed by atoms with Crippen molar-refractivity contribution < 1.29 is 19.8 Å². The number of aromatic carboxylic acids is 2. The largest absolute Gasteiger partial charge is 0.478 e. The predicted octanol–water partition coefficient (Wildman–Crippen LogP) is 1.04. The standard InChI is InChI=1S/C7H7NO4S/c1-2-4(8)3(6(9)10)5(13-2)7(11)12/h8H2,1H3,(H,9,10)(H,11,12). The molecule has 0 bridgehead atoms. The van der Waals surface area contributed by atoms with Gasteiger partial charge in [0, 0.05) is 4.88 Å². The van der Waals surface area contributed by atoms with Crippen LogP contribution < -0.4 is 5.73 Å². The molecule has 0 aliphatic carbocycles. The van der Waals surface area contributed by atoms with E-state index in [1.54, 1.807) is 6.92 Å². The molecule has 0 spiro atoms. The molecular weight excluding hydrogens is 194 g/mol. The molecule has 0 saturated heterocycles. The summed E-state index contributed by atoms with van der Waals surface area (Å²) >= 11 is 0.872. The minimum atomic E-state index is -1.31. The van der Waals surface area contributed by atoms with E-state index in [1.165, 1.54) is 0 Å². The topological polar surface area (TPSA) is 101 Å². The summed E-state index contributed by atoms with van der Waals surface area (Å²) in [6, 6.07) is 0. The van der Waals surface area contributed by atoms with E-state index in [-0.39, 0.29) is 16.1 Å². The quantitative estimate of drug-likeness (QED) is 0.663. The summed E-state index contributed by atoms with van der Waals surface area (Å²) in [5.74, 6) is -2.57. The summed E-state index contributed by atoms with van der Waals surface area (Å²) in [6.07, 6.45) is 0. The number of thiophene rings is 1. The third-order valence-corrected chi connectivity index (χ3v) is 2.65. The molecule has 0 unspecified atom stereocenters. The summed E-state index contributed by atoms with van der Waals surface area (Å²) < 4.78 is 0. The Bertz CT molecular complexity index is 382. The van der Waals surface area contributed by atoms with Gasteiger partial charge in [-0.05, 0) is 6.92 Å². The Labute approximate surface area is 77.4 Å². The highest BCUT2D eigenvalue weighted by Gasteiger charge is 2.23. The average Bonchev–Trinajstić information content (AvgIpc) is 2.28. The molecule has 13 heavy (non-hydrogen) atoms. The second kappa shape index (κ2) is 3.06. The monoisotopic (exact) mass is 201 g/mol. The summed E-state index contributed by atoms with van der Waals surface area (Å²) in [6.45, 7) is 1.58. The molecule has 0 fully saturated rings. The first kappa shape index (κ1) is 9.53. The van der Waals surface area contributed by atoms with E-state index >= 15 is 0 Å². The van der Waals surface area contributed by atoms with Gasteiger partial charge in [-0.2, -0.15) is 0 Å². The molecule has 1 heterocycles. The molecule has 4 N–H and O–H groups in total. The van der Waals surface area contributed by atoms with Crippen LogP contribution in [0.4, 0.5) is 5.69 Å². The van der Waals surface area contributed by atoms with E-state index in [1.807, 2.05) is 0 Å². The van der Waals surface area contributed by atoms with Crippen LogP contribution in [0.3, 0.4) is 0 Å². The molecule has 6 heteroatoms. The van der Waals surface area contributed by atoms with Crippen molar-refractivity contribution in [1.82, 2.24) is 0 Å². The Balaban J connectivity index is 3.44. The second-order valence-corrected chi connectivity index (χ2v) is 3.61. The number of hydrogen-bond acceptors (Lipinski definition) is 4. The minimum absolute atomic E-state index is 0.0369. The van der Waals surface area contributed by atoms with Crippen LogP contribution in [0, 0.1) is 6.92 Å². The van der Waals surface area contributed by atoms with Gasteiger partial charge in [0.2, 0.25) is 0 Å². The van der Waals surface area contributed by atoms with Crippen molar-refractivity contribution in [3.8, 4) is 0 Å². The Morgan fingerprint density at radius 2 is 1.85 bits per heavy atom. The van der Waals surface area contributed by atoms with Crippen LogP contribution in [-0.4, -0.2) is 22.2 Å². The zero-order valence-electron chi connectivity index (χ0n) is 6.70. The zero-order chi connectivity index (χ0) is 10.2. The van der Waals surface area contributed by atoms with Gasteiger partial charge in [0.1, 0.15) is 10.4 Å². The van der Waals surface area contributed by atoms with Crippen molar-refractivity contribution in [3.05, 3.63) is 15.3 Å². The van der Waals surface area contributed by atoms with Crippen molar-refractivity contribution >= 4 is 29.0 Å². The minimum Gasteiger partial charge on any atom is -0.478 e. The lowest BCUT2D eigenvalue weighted by Crippen LogP contribution is -2.06. The number of carbonyl (C=O) groups is 2. The number of aryl methyl sites for hydroxylation is 1. The SMILES string of the molecule is Cc1sc(C(=O)O)c(C(=O)O)c1N. The van der Waals surface area contributed by atoms with Crippen molar-refractivity contribution in [2.75, 3.05) is 5.73 Å². The summed E-state index contributed by atoms with van der Waals surface area (Å²) in [5.41, 5.74) is 5.14.